The van der Waals surface area contributed by atoms with Crippen molar-refractivity contribution in [2.45, 2.75) is 62.7 Å². The zero-order valence-electron chi connectivity index (χ0n) is 19.4. The average Bonchev–Trinajstić information content (AvgIpc) is 2.77. The lowest BCUT2D eigenvalue weighted by Crippen LogP contribution is -2.58. The van der Waals surface area contributed by atoms with Gasteiger partial charge in [0.15, 0.2) is 5.96 Å². The number of amides is 4. The van der Waals surface area contributed by atoms with Crippen LogP contribution in [-0.2, 0) is 24.0 Å². The number of aliphatic imine (C=N–C) groups is 1. The van der Waals surface area contributed by atoms with Crippen molar-refractivity contribution < 1.29 is 29.1 Å². The van der Waals surface area contributed by atoms with E-state index in [0.29, 0.717) is 25.8 Å². The summed E-state index contributed by atoms with van der Waals surface area (Å²) < 4.78 is 0. The zero-order valence-corrected chi connectivity index (χ0v) is 20.3. The molecule has 200 valence electrons. The number of guanidine groups is 1. The Morgan fingerprint density at radius 1 is 0.829 bits per heavy atom. The third-order valence-corrected chi connectivity index (χ3v) is 5.08. The summed E-state index contributed by atoms with van der Waals surface area (Å²) >= 11 is 3.85. The number of unbranched alkanes of at least 4 members (excludes halogenated alkanes) is 1. The molecular weight excluding hydrogens is 482 g/mol. The number of nitrogens with zero attached hydrogens (tertiary/aromatic N) is 1. The van der Waals surface area contributed by atoms with Crippen molar-refractivity contribution in [1.29, 1.82) is 0 Å². The van der Waals surface area contributed by atoms with Gasteiger partial charge in [-0.25, -0.2) is 4.79 Å². The van der Waals surface area contributed by atoms with E-state index >= 15 is 0 Å². The molecule has 0 aromatic rings. The molecule has 0 rings (SSSR count). The Morgan fingerprint density at radius 2 is 1.40 bits per heavy atom. The van der Waals surface area contributed by atoms with Crippen LogP contribution < -0.4 is 44.6 Å². The molecule has 0 heterocycles. The van der Waals surface area contributed by atoms with Gasteiger partial charge in [-0.1, -0.05) is 6.42 Å². The molecule has 0 aromatic carbocycles. The van der Waals surface area contributed by atoms with E-state index in [0.717, 1.165) is 0 Å². The molecule has 0 aliphatic heterocycles. The number of primary amides is 1. The van der Waals surface area contributed by atoms with Crippen LogP contribution in [0.3, 0.4) is 0 Å². The van der Waals surface area contributed by atoms with Gasteiger partial charge in [-0.2, -0.15) is 12.6 Å². The van der Waals surface area contributed by atoms with Crippen LogP contribution >= 0.6 is 12.6 Å². The van der Waals surface area contributed by atoms with Crippen LogP contribution in [0, 0.1) is 0 Å². The van der Waals surface area contributed by atoms with Crippen molar-refractivity contribution in [3.05, 3.63) is 0 Å². The molecule has 0 saturated heterocycles. The summed E-state index contributed by atoms with van der Waals surface area (Å²) in [7, 11) is 0. The van der Waals surface area contributed by atoms with Crippen molar-refractivity contribution in [3.63, 3.8) is 0 Å². The Hall–Kier alpha value is -3.11. The van der Waals surface area contributed by atoms with Gasteiger partial charge >= 0.3 is 5.97 Å². The molecule has 4 amide bonds. The maximum Gasteiger partial charge on any atom is 0.327 e. The minimum absolute atomic E-state index is 0.0726. The first-order valence-corrected chi connectivity index (χ1v) is 11.6. The van der Waals surface area contributed by atoms with Gasteiger partial charge in [0.05, 0.1) is 12.5 Å². The number of aliphatic carboxylic acids is 1. The summed E-state index contributed by atoms with van der Waals surface area (Å²) in [5.74, 6) is -5.01. The smallest absolute Gasteiger partial charge is 0.327 e. The maximum atomic E-state index is 12.9. The lowest BCUT2D eigenvalue weighted by Gasteiger charge is -2.24. The van der Waals surface area contributed by atoms with Crippen LogP contribution in [0.4, 0.5) is 0 Å². The minimum Gasteiger partial charge on any atom is -0.480 e. The topological polar surface area (TPSA) is 284 Å². The number of carbonyl (C=O) groups excluding carboxylic acids is 4. The van der Waals surface area contributed by atoms with E-state index in [-0.39, 0.29) is 31.1 Å². The number of carboxylic acid groups (broad SMARTS) is 1. The fourth-order valence-electron chi connectivity index (χ4n) is 2.83. The summed E-state index contributed by atoms with van der Waals surface area (Å²) in [5, 5.41) is 16.1. The molecule has 0 spiro atoms. The van der Waals surface area contributed by atoms with E-state index in [4.69, 9.17) is 33.8 Å². The third kappa shape index (κ3) is 14.0. The Morgan fingerprint density at radius 3 is 1.91 bits per heavy atom. The molecule has 0 fully saturated rings. The van der Waals surface area contributed by atoms with E-state index in [1.54, 1.807) is 0 Å². The number of rotatable bonds is 18. The Balaban J connectivity index is 5.49. The third-order valence-electron chi connectivity index (χ3n) is 4.72. The van der Waals surface area contributed by atoms with Crippen LogP contribution in [-0.4, -0.2) is 83.7 Å². The van der Waals surface area contributed by atoms with Crippen LogP contribution in [0.2, 0.25) is 0 Å². The fourth-order valence-corrected chi connectivity index (χ4v) is 3.08. The van der Waals surface area contributed by atoms with Gasteiger partial charge in [0.25, 0.3) is 0 Å². The molecular formula is C19H37N9O6S. The van der Waals surface area contributed by atoms with E-state index in [1.165, 1.54) is 0 Å². The van der Waals surface area contributed by atoms with E-state index in [9.17, 15) is 24.0 Å². The average molecular weight is 520 g/mol. The number of nitrogens with two attached hydrogens (primary N) is 5. The molecule has 35 heavy (non-hydrogen) atoms. The first-order valence-electron chi connectivity index (χ1n) is 11.0. The van der Waals surface area contributed by atoms with Crippen LogP contribution in [0.25, 0.3) is 0 Å². The summed E-state index contributed by atoms with van der Waals surface area (Å²) in [5.41, 5.74) is 27.1. The summed E-state index contributed by atoms with van der Waals surface area (Å²) in [6.45, 7) is 0.613. The van der Waals surface area contributed by atoms with Crippen molar-refractivity contribution in [3.8, 4) is 0 Å². The molecule has 0 aromatic heterocycles. The number of nitrogens with one attached hydrogen (secondary N) is 3. The number of hydrogen-bond acceptors (Lipinski definition) is 9. The summed E-state index contributed by atoms with van der Waals surface area (Å²) in [4.78, 5) is 64.4. The largest absolute Gasteiger partial charge is 0.480 e. The van der Waals surface area contributed by atoms with Crippen molar-refractivity contribution in [1.82, 2.24) is 16.0 Å². The van der Waals surface area contributed by atoms with Gasteiger partial charge in [-0.15, -0.1) is 0 Å². The first-order chi connectivity index (χ1) is 16.4. The lowest BCUT2D eigenvalue weighted by molar-refractivity contribution is -0.141. The fraction of sp³-hybridized carbons (Fsp3) is 0.684. The second-order valence-electron chi connectivity index (χ2n) is 7.71. The standard InChI is InChI=1S/C19H37N9O6S/c20-6-2-1-4-10(21)15(30)26-11(5-3-7-25-19(23)24)16(31)27-12(8-14(22)29)17(32)28-13(9-35)18(33)34/h10-13,35H,1-9,20-21H2,(H2,22,29)(H,26,30)(H,27,31)(H,28,32)(H,33,34)(H4,23,24,25). The number of hydrogen-bond donors (Lipinski definition) is 10. The Labute approximate surface area is 208 Å². The molecule has 0 aliphatic rings. The molecule has 14 N–H and O–H groups in total. The van der Waals surface area contributed by atoms with Gasteiger partial charge in [0.1, 0.15) is 18.1 Å². The van der Waals surface area contributed by atoms with Crippen molar-refractivity contribution in [2.75, 3.05) is 18.8 Å². The molecule has 15 nitrogen and oxygen atoms in total. The predicted molar refractivity (Wildman–Crippen MR) is 132 cm³/mol. The normalized spacial score (nSPS) is 14.0. The highest BCUT2D eigenvalue weighted by Gasteiger charge is 2.30. The van der Waals surface area contributed by atoms with Gasteiger partial charge in [0.2, 0.25) is 23.6 Å². The van der Waals surface area contributed by atoms with E-state index in [2.05, 4.69) is 33.6 Å². The van der Waals surface area contributed by atoms with Gasteiger partial charge < -0.3 is 49.7 Å². The van der Waals surface area contributed by atoms with Gasteiger partial charge in [0, 0.05) is 12.3 Å². The molecule has 4 atom stereocenters. The molecule has 0 saturated carbocycles. The lowest BCUT2D eigenvalue weighted by atomic mass is 10.1. The minimum atomic E-state index is -1.49. The zero-order chi connectivity index (χ0) is 27.0. The summed E-state index contributed by atoms with van der Waals surface area (Å²) in [6, 6.07) is -4.90. The van der Waals surface area contributed by atoms with E-state index < -0.39 is 60.2 Å². The first kappa shape index (κ1) is 31.9. The Bertz CT molecular complexity index is 763. The molecule has 0 aliphatic carbocycles. The van der Waals surface area contributed by atoms with Crippen molar-refractivity contribution in [2.24, 2.45) is 33.7 Å². The van der Waals surface area contributed by atoms with Crippen LogP contribution in [0.5, 0.6) is 0 Å². The highest BCUT2D eigenvalue weighted by molar-refractivity contribution is 7.80. The molecule has 16 heteroatoms. The maximum absolute atomic E-state index is 12.9. The second-order valence-corrected chi connectivity index (χ2v) is 8.08. The SMILES string of the molecule is NCCCCC(N)C(=O)NC(CCCN=C(N)N)C(=O)NC(CC(N)=O)C(=O)NC(CS)C(=O)O. The van der Waals surface area contributed by atoms with Crippen LogP contribution in [0.15, 0.2) is 4.99 Å². The predicted octanol–water partition coefficient (Wildman–Crippen LogP) is -4.16. The van der Waals surface area contributed by atoms with Gasteiger partial charge in [-0.3, -0.25) is 24.2 Å². The molecule has 0 radical (unpaired) electrons. The molecule has 4 unspecified atom stereocenters. The van der Waals surface area contributed by atoms with E-state index in [1.807, 2.05) is 0 Å². The quantitative estimate of drug-likeness (QED) is 0.0361. The van der Waals surface area contributed by atoms with Crippen molar-refractivity contribution >= 4 is 48.2 Å². The number of carboxylic acids is 1. The summed E-state index contributed by atoms with van der Waals surface area (Å²) in [6.07, 6.45) is 1.39. The highest BCUT2D eigenvalue weighted by atomic mass is 32.1. The second kappa shape index (κ2) is 17.3. The number of carbonyl (C=O) groups is 5. The number of thiol groups is 1. The Kier molecular flexibility index (Phi) is 15.8. The van der Waals surface area contributed by atoms with Gasteiger partial charge in [-0.05, 0) is 32.2 Å². The van der Waals surface area contributed by atoms with Crippen LogP contribution in [0.1, 0.15) is 38.5 Å². The monoisotopic (exact) mass is 519 g/mol. The highest BCUT2D eigenvalue weighted by Crippen LogP contribution is 2.05. The molecule has 0 bridgehead atoms.